The Morgan fingerprint density at radius 2 is 1.80 bits per heavy atom. The van der Waals surface area contributed by atoms with Crippen molar-refractivity contribution in [2.45, 2.75) is 54.6 Å². The number of hydrogen-bond donors (Lipinski definition) is 4. The molecular weight excluding hydrogens is 568 g/mol. The van der Waals surface area contributed by atoms with Gasteiger partial charge in [0.2, 0.25) is 17.7 Å². The minimum atomic E-state index is -1.62. The molecule has 5 N–H and O–H groups in total. The van der Waals surface area contributed by atoms with Crippen molar-refractivity contribution in [2.75, 3.05) is 18.7 Å². The number of benzene rings is 2. The second-order valence-electron chi connectivity index (χ2n) is 11.7. The van der Waals surface area contributed by atoms with Crippen LogP contribution >= 0.6 is 23.2 Å². The fourth-order valence-corrected chi connectivity index (χ4v) is 7.97. The maximum Gasteiger partial charge on any atom is 0.238 e. The maximum absolute atomic E-state index is 15.8. The summed E-state index contributed by atoms with van der Waals surface area (Å²) in [6, 6.07) is 7.63. The molecule has 2 aliphatic heterocycles. The highest BCUT2D eigenvalue weighted by atomic mass is 35.5. The van der Waals surface area contributed by atoms with Crippen LogP contribution in [-0.4, -0.2) is 48.7 Å². The van der Waals surface area contributed by atoms with Gasteiger partial charge in [0.05, 0.1) is 24.4 Å². The first-order valence-corrected chi connectivity index (χ1v) is 13.8. The van der Waals surface area contributed by atoms with Crippen LogP contribution in [0.15, 0.2) is 36.4 Å². The van der Waals surface area contributed by atoms with Crippen molar-refractivity contribution < 1.29 is 27.6 Å². The van der Waals surface area contributed by atoms with Crippen molar-refractivity contribution in [1.29, 1.82) is 0 Å². The lowest BCUT2D eigenvalue weighted by Gasteiger charge is -2.59. The fourth-order valence-electron chi connectivity index (χ4n) is 7.62. The minimum Gasteiger partial charge on any atom is -0.369 e. The standard InChI is InChI=1S/C28H27Cl2F3N4O3/c29-14-4-5-17-19(8-14)36-25(40)28(17)20(16-2-1-3-18(30)21(16)33)22(24(39)35-15-6-13(7-15)23(34)38)37-27(28)9-26(10-27,11-31)12-32/h1-5,8,13,15,20,22,37H,6-7,9-12H2,(H2,34,38)(H,35,39)(H,36,40). The number of nitrogens with one attached hydrogen (secondary N) is 3. The monoisotopic (exact) mass is 594 g/mol. The van der Waals surface area contributed by atoms with Crippen LogP contribution in [0.4, 0.5) is 18.9 Å². The number of alkyl halides is 2. The van der Waals surface area contributed by atoms with Gasteiger partial charge in [0, 0.05) is 39.5 Å². The van der Waals surface area contributed by atoms with Crippen LogP contribution < -0.4 is 21.7 Å². The van der Waals surface area contributed by atoms with E-state index in [-0.39, 0.29) is 35.4 Å². The van der Waals surface area contributed by atoms with Gasteiger partial charge in [-0.25, -0.2) is 4.39 Å². The van der Waals surface area contributed by atoms with E-state index in [2.05, 4.69) is 16.0 Å². The fraction of sp³-hybridized carbons (Fsp3) is 0.464. The lowest BCUT2D eigenvalue weighted by atomic mass is 9.46. The van der Waals surface area contributed by atoms with Gasteiger partial charge in [0.15, 0.2) is 0 Å². The van der Waals surface area contributed by atoms with Crippen LogP contribution in [0.2, 0.25) is 10.0 Å². The van der Waals surface area contributed by atoms with E-state index in [0.29, 0.717) is 29.1 Å². The van der Waals surface area contributed by atoms with Gasteiger partial charge in [0.25, 0.3) is 0 Å². The number of halogens is 5. The summed E-state index contributed by atoms with van der Waals surface area (Å²) in [6.07, 6.45) is 0.514. The zero-order valence-corrected chi connectivity index (χ0v) is 22.7. The molecule has 0 aromatic heterocycles. The molecule has 2 spiro atoms. The zero-order valence-electron chi connectivity index (χ0n) is 21.2. The summed E-state index contributed by atoms with van der Waals surface area (Å²) in [5.74, 6) is -3.80. The van der Waals surface area contributed by atoms with Crippen molar-refractivity contribution in [3.8, 4) is 0 Å². The topological polar surface area (TPSA) is 113 Å². The van der Waals surface area contributed by atoms with Crippen LogP contribution in [0.25, 0.3) is 0 Å². The summed E-state index contributed by atoms with van der Waals surface area (Å²) >= 11 is 12.4. The molecule has 0 radical (unpaired) electrons. The number of rotatable bonds is 6. The Hall–Kier alpha value is -2.82. The van der Waals surface area contributed by atoms with Crippen molar-refractivity contribution >= 4 is 46.6 Å². The molecule has 2 aromatic rings. The van der Waals surface area contributed by atoms with Crippen LogP contribution in [0.5, 0.6) is 0 Å². The van der Waals surface area contributed by atoms with E-state index in [0.717, 1.165) is 0 Å². The third kappa shape index (κ3) is 3.65. The Kier molecular flexibility index (Phi) is 6.40. The molecule has 3 unspecified atom stereocenters. The lowest BCUT2D eigenvalue weighted by molar-refractivity contribution is -0.131. The molecule has 7 nitrogen and oxygen atoms in total. The quantitative estimate of drug-likeness (QED) is 0.406. The zero-order chi connectivity index (χ0) is 28.6. The third-order valence-corrected chi connectivity index (χ3v) is 9.93. The van der Waals surface area contributed by atoms with Gasteiger partial charge in [-0.05, 0) is 55.0 Å². The number of hydrogen-bond acceptors (Lipinski definition) is 4. The first kappa shape index (κ1) is 27.4. The molecule has 40 heavy (non-hydrogen) atoms. The van der Waals surface area contributed by atoms with E-state index in [4.69, 9.17) is 28.9 Å². The SMILES string of the molecule is NC(=O)C1CC(NC(=O)C2NC3(CC(CF)(CF)C3)C3(C(=O)Nc4cc(Cl)ccc43)C2c2cccc(Cl)c2F)C1. The van der Waals surface area contributed by atoms with E-state index in [1.165, 1.54) is 18.2 Å². The maximum atomic E-state index is 15.8. The predicted octanol–water partition coefficient (Wildman–Crippen LogP) is 3.92. The van der Waals surface area contributed by atoms with E-state index < -0.39 is 65.2 Å². The smallest absolute Gasteiger partial charge is 0.238 e. The van der Waals surface area contributed by atoms with E-state index in [1.807, 2.05) is 0 Å². The van der Waals surface area contributed by atoms with Gasteiger partial charge in [0.1, 0.15) is 11.2 Å². The highest BCUT2D eigenvalue weighted by molar-refractivity contribution is 6.31. The molecule has 3 fully saturated rings. The van der Waals surface area contributed by atoms with E-state index >= 15 is 4.39 Å². The number of amides is 3. The van der Waals surface area contributed by atoms with Crippen LogP contribution in [0, 0.1) is 17.2 Å². The summed E-state index contributed by atoms with van der Waals surface area (Å²) < 4.78 is 44.2. The Morgan fingerprint density at radius 1 is 1.10 bits per heavy atom. The normalized spacial score (nSPS) is 30.9. The molecule has 12 heteroatoms. The molecule has 4 aliphatic rings. The second-order valence-corrected chi connectivity index (χ2v) is 12.5. The molecule has 2 saturated carbocycles. The van der Waals surface area contributed by atoms with Gasteiger partial charge >= 0.3 is 0 Å². The molecule has 2 aromatic carbocycles. The molecule has 2 heterocycles. The molecule has 1 saturated heterocycles. The van der Waals surface area contributed by atoms with Gasteiger partial charge in [-0.3, -0.25) is 28.5 Å². The van der Waals surface area contributed by atoms with Crippen LogP contribution in [0.1, 0.15) is 42.7 Å². The Bertz CT molecular complexity index is 1420. The largest absolute Gasteiger partial charge is 0.369 e. The van der Waals surface area contributed by atoms with Crippen molar-refractivity contribution in [1.82, 2.24) is 10.6 Å². The highest BCUT2D eigenvalue weighted by Gasteiger charge is 2.78. The summed E-state index contributed by atoms with van der Waals surface area (Å²) in [7, 11) is 0. The summed E-state index contributed by atoms with van der Waals surface area (Å²) in [5, 5.41) is 9.19. The third-order valence-electron chi connectivity index (χ3n) is 9.41. The van der Waals surface area contributed by atoms with Crippen molar-refractivity contribution in [3.05, 3.63) is 63.4 Å². The second kappa shape index (κ2) is 9.36. The molecule has 6 rings (SSSR count). The summed E-state index contributed by atoms with van der Waals surface area (Å²) in [6.45, 7) is -1.91. The molecule has 0 bridgehead atoms. The van der Waals surface area contributed by atoms with Crippen molar-refractivity contribution in [3.63, 3.8) is 0 Å². The Balaban J connectivity index is 1.52. The predicted molar refractivity (Wildman–Crippen MR) is 143 cm³/mol. The number of fused-ring (bicyclic) bond motifs is 3. The minimum absolute atomic E-state index is 0.0246. The highest BCUT2D eigenvalue weighted by Crippen LogP contribution is 2.68. The lowest BCUT2D eigenvalue weighted by Crippen LogP contribution is -2.70. The van der Waals surface area contributed by atoms with E-state index in [9.17, 15) is 23.2 Å². The van der Waals surface area contributed by atoms with Gasteiger partial charge in [-0.15, -0.1) is 0 Å². The molecule has 212 valence electrons. The van der Waals surface area contributed by atoms with Crippen LogP contribution in [0.3, 0.4) is 0 Å². The number of carbonyl (C=O) groups excluding carboxylic acids is 3. The first-order chi connectivity index (χ1) is 19.0. The van der Waals surface area contributed by atoms with Crippen molar-refractivity contribution in [2.24, 2.45) is 17.1 Å². The molecule has 2 aliphatic carbocycles. The first-order valence-electron chi connectivity index (χ1n) is 13.1. The number of anilines is 1. The summed E-state index contributed by atoms with van der Waals surface area (Å²) in [5.41, 5.74) is 1.98. The number of primary amides is 1. The average Bonchev–Trinajstić information content (AvgIpc) is 3.33. The Labute approximate surface area is 238 Å². The van der Waals surface area contributed by atoms with E-state index in [1.54, 1.807) is 18.2 Å². The number of carbonyl (C=O) groups is 3. The van der Waals surface area contributed by atoms with Crippen LogP contribution in [-0.2, 0) is 19.8 Å². The summed E-state index contributed by atoms with van der Waals surface area (Å²) in [4.78, 5) is 39.6. The molecule has 3 atom stereocenters. The van der Waals surface area contributed by atoms with Gasteiger partial charge in [-0.1, -0.05) is 41.4 Å². The molecular formula is C28H27Cl2F3N4O3. The van der Waals surface area contributed by atoms with Gasteiger partial charge < -0.3 is 16.4 Å². The average molecular weight is 595 g/mol. The Morgan fingerprint density at radius 3 is 2.45 bits per heavy atom. The van der Waals surface area contributed by atoms with Gasteiger partial charge in [-0.2, -0.15) is 0 Å². The molecule has 3 amide bonds. The number of nitrogens with two attached hydrogens (primary N) is 1.